The first kappa shape index (κ1) is 10.8. The maximum Gasteiger partial charge on any atom is 0.377 e. The zero-order valence-corrected chi connectivity index (χ0v) is 7.64. The van der Waals surface area contributed by atoms with Crippen molar-refractivity contribution >= 4 is 5.97 Å². The maximum atomic E-state index is 10.8. The van der Waals surface area contributed by atoms with Gasteiger partial charge < -0.3 is 24.8 Å². The molecule has 0 radical (unpaired) electrons. The minimum atomic E-state index is -1.12. The molecule has 2 atom stereocenters. The van der Waals surface area contributed by atoms with Gasteiger partial charge in [0.25, 0.3) is 0 Å². The summed E-state index contributed by atoms with van der Waals surface area (Å²) in [4.78, 5) is 10.8. The van der Waals surface area contributed by atoms with Crippen LogP contribution in [-0.2, 0) is 14.3 Å². The van der Waals surface area contributed by atoms with Crippen LogP contribution in [-0.4, -0.2) is 46.7 Å². The third-order valence-electron chi connectivity index (χ3n) is 1.84. The Bertz CT molecular complexity index is 259. The molecule has 14 heavy (non-hydrogen) atoms. The summed E-state index contributed by atoms with van der Waals surface area (Å²) in [7, 11) is 0. The second kappa shape index (κ2) is 4.30. The van der Waals surface area contributed by atoms with Gasteiger partial charge in [0.05, 0.1) is 6.61 Å². The Hall–Kier alpha value is -1.27. The number of rotatable bonds is 4. The van der Waals surface area contributed by atoms with Gasteiger partial charge in [-0.15, -0.1) is 0 Å². The van der Waals surface area contributed by atoms with Crippen LogP contribution >= 0.6 is 0 Å². The summed E-state index contributed by atoms with van der Waals surface area (Å²) in [5.41, 5.74) is 0. The highest BCUT2D eigenvalue weighted by Gasteiger charge is 2.40. The molecule has 0 aromatic carbocycles. The Labute approximate surface area is 80.4 Å². The summed E-state index contributed by atoms with van der Waals surface area (Å²) < 4.78 is 9.60. The lowest BCUT2D eigenvalue weighted by molar-refractivity contribution is -0.150. The van der Waals surface area contributed by atoms with Crippen molar-refractivity contribution in [1.29, 1.82) is 0 Å². The van der Waals surface area contributed by atoms with Crippen LogP contribution in [0.1, 0.15) is 6.92 Å². The van der Waals surface area contributed by atoms with Gasteiger partial charge in [-0.2, -0.15) is 0 Å². The minimum absolute atomic E-state index is 0.299. The zero-order valence-electron chi connectivity index (χ0n) is 7.64. The highest BCUT2D eigenvalue weighted by Crippen LogP contribution is 2.22. The molecule has 1 aliphatic rings. The third-order valence-corrected chi connectivity index (χ3v) is 1.84. The van der Waals surface area contributed by atoms with Crippen LogP contribution in [0.4, 0.5) is 0 Å². The van der Waals surface area contributed by atoms with Crippen molar-refractivity contribution in [3.8, 4) is 0 Å². The summed E-state index contributed by atoms with van der Waals surface area (Å²) in [5.74, 6) is -2.43. The van der Waals surface area contributed by atoms with Crippen LogP contribution in [0.2, 0.25) is 0 Å². The number of cyclic esters (lactones) is 1. The van der Waals surface area contributed by atoms with E-state index < -0.39 is 36.3 Å². The van der Waals surface area contributed by atoms with Gasteiger partial charge in [-0.25, -0.2) is 4.79 Å². The first-order valence-corrected chi connectivity index (χ1v) is 4.17. The zero-order chi connectivity index (χ0) is 10.7. The molecule has 0 bridgehead atoms. The van der Waals surface area contributed by atoms with Gasteiger partial charge >= 0.3 is 5.97 Å². The topological polar surface area (TPSA) is 96.2 Å². The summed E-state index contributed by atoms with van der Waals surface area (Å²) in [6, 6.07) is 0. The van der Waals surface area contributed by atoms with E-state index in [2.05, 4.69) is 4.74 Å². The SMILES string of the molecule is CCO[C@@H](CO)[C@H]1OC(=O)C(O)=C1O. The van der Waals surface area contributed by atoms with Crippen molar-refractivity contribution in [3.63, 3.8) is 0 Å². The van der Waals surface area contributed by atoms with Gasteiger partial charge in [0, 0.05) is 6.61 Å². The fraction of sp³-hybridized carbons (Fsp3) is 0.625. The van der Waals surface area contributed by atoms with Gasteiger partial charge in [0.15, 0.2) is 11.9 Å². The van der Waals surface area contributed by atoms with Crippen LogP contribution < -0.4 is 0 Å². The number of ether oxygens (including phenoxy) is 2. The summed E-state index contributed by atoms with van der Waals surface area (Å²) >= 11 is 0. The van der Waals surface area contributed by atoms with Crippen molar-refractivity contribution in [1.82, 2.24) is 0 Å². The molecule has 0 aromatic rings. The maximum absolute atomic E-state index is 10.8. The lowest BCUT2D eigenvalue weighted by atomic mass is 10.2. The fourth-order valence-corrected chi connectivity index (χ4v) is 1.17. The molecule has 80 valence electrons. The first-order chi connectivity index (χ1) is 6.61. The van der Waals surface area contributed by atoms with Crippen LogP contribution in [0.15, 0.2) is 11.5 Å². The molecule has 0 aliphatic carbocycles. The summed E-state index contributed by atoms with van der Waals surface area (Å²) in [5, 5.41) is 27.1. The molecule has 0 aromatic heterocycles. The molecule has 6 nitrogen and oxygen atoms in total. The molecule has 3 N–H and O–H groups in total. The molecule has 1 heterocycles. The van der Waals surface area contributed by atoms with Crippen LogP contribution in [0, 0.1) is 0 Å². The van der Waals surface area contributed by atoms with Crippen molar-refractivity contribution in [2.24, 2.45) is 0 Å². The van der Waals surface area contributed by atoms with E-state index in [0.717, 1.165) is 0 Å². The van der Waals surface area contributed by atoms with Crippen molar-refractivity contribution in [2.75, 3.05) is 13.2 Å². The number of carbonyl (C=O) groups excluding carboxylic acids is 1. The number of hydrogen-bond donors (Lipinski definition) is 3. The third kappa shape index (κ3) is 1.80. The largest absolute Gasteiger partial charge is 0.505 e. The predicted octanol–water partition coefficient (Wildman–Crippen LogP) is -0.363. The number of esters is 1. The van der Waals surface area contributed by atoms with E-state index in [9.17, 15) is 9.90 Å². The second-order valence-corrected chi connectivity index (χ2v) is 2.74. The Morgan fingerprint density at radius 3 is 2.57 bits per heavy atom. The Morgan fingerprint density at radius 1 is 1.57 bits per heavy atom. The van der Waals surface area contributed by atoms with Crippen molar-refractivity contribution in [3.05, 3.63) is 11.5 Å². The smallest absolute Gasteiger partial charge is 0.377 e. The van der Waals surface area contributed by atoms with Crippen LogP contribution in [0.5, 0.6) is 0 Å². The molecular formula is C8H12O6. The molecule has 0 spiro atoms. The quantitative estimate of drug-likeness (QED) is 0.541. The van der Waals surface area contributed by atoms with E-state index in [1.54, 1.807) is 6.92 Å². The van der Waals surface area contributed by atoms with E-state index in [1.165, 1.54) is 0 Å². The van der Waals surface area contributed by atoms with Crippen LogP contribution in [0.25, 0.3) is 0 Å². The molecule has 1 rings (SSSR count). The first-order valence-electron chi connectivity index (χ1n) is 4.17. The Balaban J connectivity index is 2.75. The number of carbonyl (C=O) groups is 1. The Kier molecular flexibility index (Phi) is 3.32. The highest BCUT2D eigenvalue weighted by atomic mass is 16.6. The number of hydrogen-bond acceptors (Lipinski definition) is 6. The average molecular weight is 204 g/mol. The van der Waals surface area contributed by atoms with E-state index in [4.69, 9.17) is 14.9 Å². The molecule has 0 saturated heterocycles. The fourth-order valence-electron chi connectivity index (χ4n) is 1.17. The second-order valence-electron chi connectivity index (χ2n) is 2.74. The standard InChI is InChI=1S/C8H12O6/c1-2-13-4(3-9)7-5(10)6(11)8(12)14-7/h4,7,9-11H,2-3H2,1H3/t4-,7+/m0/s1. The average Bonchev–Trinajstić information content (AvgIpc) is 2.42. The number of aliphatic hydroxyl groups is 3. The molecule has 0 saturated carbocycles. The van der Waals surface area contributed by atoms with E-state index in [1.807, 2.05) is 0 Å². The van der Waals surface area contributed by atoms with Gasteiger partial charge in [-0.05, 0) is 6.92 Å². The molecule has 0 fully saturated rings. The lowest BCUT2D eigenvalue weighted by Crippen LogP contribution is -2.34. The van der Waals surface area contributed by atoms with Gasteiger partial charge in [-0.3, -0.25) is 0 Å². The van der Waals surface area contributed by atoms with E-state index >= 15 is 0 Å². The van der Waals surface area contributed by atoms with Gasteiger partial charge in [-0.1, -0.05) is 0 Å². The minimum Gasteiger partial charge on any atom is -0.505 e. The predicted molar refractivity (Wildman–Crippen MR) is 44.7 cm³/mol. The van der Waals surface area contributed by atoms with Gasteiger partial charge in [0.2, 0.25) is 5.76 Å². The Morgan fingerprint density at radius 2 is 2.21 bits per heavy atom. The monoisotopic (exact) mass is 204 g/mol. The van der Waals surface area contributed by atoms with Crippen molar-refractivity contribution < 1.29 is 29.6 Å². The van der Waals surface area contributed by atoms with Gasteiger partial charge in [0.1, 0.15) is 6.10 Å². The molecule has 6 heteroatoms. The highest BCUT2D eigenvalue weighted by molar-refractivity contribution is 5.89. The van der Waals surface area contributed by atoms with Crippen LogP contribution in [0.3, 0.4) is 0 Å². The molecular weight excluding hydrogens is 192 g/mol. The molecule has 1 aliphatic heterocycles. The summed E-state index contributed by atoms with van der Waals surface area (Å²) in [6.45, 7) is 1.58. The van der Waals surface area contributed by atoms with E-state index in [-0.39, 0.29) is 0 Å². The lowest BCUT2D eigenvalue weighted by Gasteiger charge is -2.19. The molecule has 0 unspecified atom stereocenters. The summed E-state index contributed by atoms with van der Waals surface area (Å²) in [6.07, 6.45) is -1.97. The normalized spacial score (nSPS) is 23.9. The van der Waals surface area contributed by atoms with E-state index in [0.29, 0.717) is 6.61 Å². The molecule has 0 amide bonds. The van der Waals surface area contributed by atoms with Crippen molar-refractivity contribution in [2.45, 2.75) is 19.1 Å². The number of aliphatic hydroxyl groups excluding tert-OH is 3.